The van der Waals surface area contributed by atoms with Crippen LogP contribution >= 0.6 is 23.2 Å². The zero-order valence-corrected chi connectivity index (χ0v) is 22.8. The van der Waals surface area contributed by atoms with Crippen LogP contribution in [0.3, 0.4) is 0 Å². The number of nitrogens with zero attached hydrogens (tertiary/aromatic N) is 4. The van der Waals surface area contributed by atoms with Gasteiger partial charge >= 0.3 is 11.8 Å². The van der Waals surface area contributed by atoms with E-state index in [9.17, 15) is 19.2 Å². The van der Waals surface area contributed by atoms with Gasteiger partial charge in [0.25, 0.3) is 5.56 Å². The van der Waals surface area contributed by atoms with Crippen LogP contribution in [0.1, 0.15) is 33.6 Å². The van der Waals surface area contributed by atoms with Crippen molar-refractivity contribution >= 4 is 46.7 Å². The summed E-state index contributed by atoms with van der Waals surface area (Å²) in [7, 11) is 1.45. The lowest BCUT2D eigenvalue weighted by Gasteiger charge is -2.19. The van der Waals surface area contributed by atoms with Crippen LogP contribution in [0.5, 0.6) is 17.4 Å². The number of nitrogens with one attached hydrogen (secondary N) is 2. The number of halogens is 2. The number of amides is 2. The SMILES string of the molecule is COc1ncc(Oc2c(Cl)cc(-n3nc(NC(=O)OC(C)(C)C)c(=O)[nH]c3=O)cc2Cl)cc1N1CCCC1=O. The second-order valence-electron chi connectivity index (χ2n) is 9.34. The van der Waals surface area contributed by atoms with Gasteiger partial charge in [-0.2, -0.15) is 4.68 Å². The van der Waals surface area contributed by atoms with Gasteiger partial charge in [0.2, 0.25) is 17.6 Å². The number of ether oxygens (including phenoxy) is 3. The molecule has 1 aromatic carbocycles. The van der Waals surface area contributed by atoms with Crippen molar-refractivity contribution in [1.29, 1.82) is 0 Å². The Bertz CT molecular complexity index is 1540. The molecule has 0 radical (unpaired) electrons. The third-order valence-electron chi connectivity index (χ3n) is 5.26. The standard InChI is InChI=1S/C24H24Cl2N6O7/c1-24(2,3)39-23(36)28-19-20(34)29-22(35)32(30-19)12-8-14(25)18(15(26)9-12)38-13-10-16(21(37-4)27-11-13)31-7-5-6-17(31)33/h8-11H,5-7H2,1-4H3,(H,28,30,36)(H,29,34,35). The van der Waals surface area contributed by atoms with E-state index in [-0.39, 0.29) is 39.0 Å². The molecule has 1 fully saturated rings. The lowest BCUT2D eigenvalue weighted by atomic mass is 10.2. The summed E-state index contributed by atoms with van der Waals surface area (Å²) < 4.78 is 17.1. The molecule has 0 spiro atoms. The van der Waals surface area contributed by atoms with Crippen molar-refractivity contribution in [3.63, 3.8) is 0 Å². The molecule has 1 aliphatic heterocycles. The summed E-state index contributed by atoms with van der Waals surface area (Å²) in [6.45, 7) is 5.46. The number of methoxy groups -OCH3 is 1. The average Bonchev–Trinajstić information content (AvgIpc) is 3.27. The fourth-order valence-electron chi connectivity index (χ4n) is 3.67. The molecule has 1 saturated heterocycles. The topological polar surface area (TPSA) is 158 Å². The maximum absolute atomic E-state index is 12.5. The van der Waals surface area contributed by atoms with E-state index in [4.69, 9.17) is 37.4 Å². The first-order valence-electron chi connectivity index (χ1n) is 11.6. The molecular weight excluding hydrogens is 555 g/mol. The summed E-state index contributed by atoms with van der Waals surface area (Å²) in [6.07, 6.45) is 1.57. The number of rotatable bonds is 6. The number of hydrogen-bond donors (Lipinski definition) is 2. The van der Waals surface area contributed by atoms with Gasteiger partial charge in [-0.3, -0.25) is 19.9 Å². The zero-order valence-electron chi connectivity index (χ0n) is 21.3. The fourth-order valence-corrected chi connectivity index (χ4v) is 4.23. The van der Waals surface area contributed by atoms with E-state index < -0.39 is 28.8 Å². The van der Waals surface area contributed by atoms with E-state index >= 15 is 0 Å². The van der Waals surface area contributed by atoms with Crippen molar-refractivity contribution in [3.8, 4) is 23.1 Å². The quantitative estimate of drug-likeness (QED) is 0.442. The van der Waals surface area contributed by atoms with Gasteiger partial charge in [0.15, 0.2) is 5.75 Å². The molecule has 0 saturated carbocycles. The molecule has 13 nitrogen and oxygen atoms in total. The molecule has 3 heterocycles. The second kappa shape index (κ2) is 10.9. The monoisotopic (exact) mass is 578 g/mol. The molecule has 206 valence electrons. The van der Waals surface area contributed by atoms with Crippen LogP contribution in [-0.4, -0.2) is 51.0 Å². The Morgan fingerprint density at radius 3 is 2.41 bits per heavy atom. The number of hydrogen-bond acceptors (Lipinski definition) is 9. The summed E-state index contributed by atoms with van der Waals surface area (Å²) in [5.41, 5.74) is -2.16. The lowest BCUT2D eigenvalue weighted by molar-refractivity contribution is -0.117. The van der Waals surface area contributed by atoms with Crippen molar-refractivity contribution in [3.05, 3.63) is 55.3 Å². The van der Waals surface area contributed by atoms with Crippen LogP contribution in [0.4, 0.5) is 16.3 Å². The Kier molecular flexibility index (Phi) is 7.84. The highest BCUT2D eigenvalue weighted by atomic mass is 35.5. The van der Waals surface area contributed by atoms with E-state index in [1.165, 1.54) is 25.4 Å². The molecule has 1 aliphatic rings. The van der Waals surface area contributed by atoms with Crippen LogP contribution in [0.15, 0.2) is 34.0 Å². The van der Waals surface area contributed by atoms with Gasteiger partial charge < -0.3 is 19.1 Å². The second-order valence-corrected chi connectivity index (χ2v) is 10.1. The maximum Gasteiger partial charge on any atom is 0.413 e. The number of pyridine rings is 1. The van der Waals surface area contributed by atoms with E-state index in [0.717, 1.165) is 4.68 Å². The van der Waals surface area contributed by atoms with Crippen molar-refractivity contribution in [2.45, 2.75) is 39.2 Å². The Hall–Kier alpha value is -4.10. The van der Waals surface area contributed by atoms with E-state index in [1.54, 1.807) is 31.7 Å². The van der Waals surface area contributed by atoms with Crippen molar-refractivity contribution in [1.82, 2.24) is 19.7 Å². The van der Waals surface area contributed by atoms with Crippen LogP contribution in [0.2, 0.25) is 10.0 Å². The molecule has 0 aliphatic carbocycles. The van der Waals surface area contributed by atoms with Crippen LogP contribution < -0.4 is 30.9 Å². The minimum atomic E-state index is -0.936. The first-order valence-corrected chi connectivity index (χ1v) is 12.4. The largest absolute Gasteiger partial charge is 0.480 e. The van der Waals surface area contributed by atoms with Gasteiger partial charge in [-0.1, -0.05) is 23.2 Å². The van der Waals surface area contributed by atoms with E-state index in [1.807, 2.05) is 0 Å². The fraction of sp³-hybridized carbons (Fsp3) is 0.333. The molecule has 2 amide bonds. The smallest absolute Gasteiger partial charge is 0.413 e. The third kappa shape index (κ3) is 6.32. The predicted molar refractivity (Wildman–Crippen MR) is 143 cm³/mol. The highest BCUT2D eigenvalue weighted by Crippen LogP contribution is 2.40. The van der Waals surface area contributed by atoms with Crippen molar-refractivity contribution in [2.75, 3.05) is 23.9 Å². The molecule has 4 rings (SSSR count). The normalized spacial score (nSPS) is 13.4. The van der Waals surface area contributed by atoms with Crippen LogP contribution in [-0.2, 0) is 9.53 Å². The molecule has 0 bridgehead atoms. The Morgan fingerprint density at radius 1 is 1.13 bits per heavy atom. The Morgan fingerprint density at radius 2 is 1.82 bits per heavy atom. The van der Waals surface area contributed by atoms with Gasteiger partial charge in [0.05, 0.1) is 29.0 Å². The van der Waals surface area contributed by atoms with Crippen molar-refractivity contribution in [2.24, 2.45) is 0 Å². The van der Waals surface area contributed by atoms with Gasteiger partial charge in [0, 0.05) is 19.0 Å². The first kappa shape index (κ1) is 27.9. The molecule has 39 heavy (non-hydrogen) atoms. The minimum absolute atomic E-state index is 0.00586. The molecule has 2 N–H and O–H groups in total. The van der Waals surface area contributed by atoms with Gasteiger partial charge in [-0.05, 0) is 39.3 Å². The Balaban J connectivity index is 1.65. The van der Waals surface area contributed by atoms with E-state index in [0.29, 0.717) is 25.1 Å². The number of aromatic nitrogens is 4. The molecule has 0 atom stereocenters. The molecule has 0 unspecified atom stereocenters. The number of carbonyl (C=O) groups excluding carboxylic acids is 2. The number of carbonyl (C=O) groups is 2. The number of H-pyrrole nitrogens is 1. The van der Waals surface area contributed by atoms with Gasteiger partial charge in [-0.15, -0.1) is 5.10 Å². The summed E-state index contributed by atoms with van der Waals surface area (Å²) in [4.78, 5) is 56.9. The summed E-state index contributed by atoms with van der Waals surface area (Å²) in [5.74, 6) is -0.0243. The highest BCUT2D eigenvalue weighted by Gasteiger charge is 2.26. The lowest BCUT2D eigenvalue weighted by Crippen LogP contribution is -2.36. The summed E-state index contributed by atoms with van der Waals surface area (Å²) >= 11 is 12.9. The number of anilines is 2. The van der Waals surface area contributed by atoms with Crippen LogP contribution in [0.25, 0.3) is 5.69 Å². The Labute approximate surface area is 231 Å². The summed E-state index contributed by atoms with van der Waals surface area (Å²) in [5, 5.41) is 6.11. The van der Waals surface area contributed by atoms with Gasteiger partial charge in [-0.25, -0.2) is 14.6 Å². The molecule has 15 heteroatoms. The van der Waals surface area contributed by atoms with Crippen molar-refractivity contribution < 1.29 is 23.8 Å². The van der Waals surface area contributed by atoms with E-state index in [2.05, 4.69) is 20.4 Å². The molecule has 3 aromatic rings. The number of benzene rings is 1. The maximum atomic E-state index is 12.5. The molecule has 2 aromatic heterocycles. The zero-order chi connectivity index (χ0) is 28.5. The highest BCUT2D eigenvalue weighted by molar-refractivity contribution is 6.37. The average molecular weight is 579 g/mol. The molecular formula is C24H24Cl2N6O7. The van der Waals surface area contributed by atoms with Crippen LogP contribution in [0, 0.1) is 0 Å². The summed E-state index contributed by atoms with van der Waals surface area (Å²) in [6, 6.07) is 4.24. The first-order chi connectivity index (χ1) is 18.4. The van der Waals surface area contributed by atoms with Gasteiger partial charge in [0.1, 0.15) is 17.0 Å². The third-order valence-corrected chi connectivity index (χ3v) is 5.82. The predicted octanol–water partition coefficient (Wildman–Crippen LogP) is 3.90. The minimum Gasteiger partial charge on any atom is -0.480 e. The number of aromatic amines is 1.